The van der Waals surface area contributed by atoms with Gasteiger partial charge in [0.15, 0.2) is 0 Å². The quantitative estimate of drug-likeness (QED) is 0.578. The van der Waals surface area contributed by atoms with Gasteiger partial charge in [0.1, 0.15) is 11.5 Å². The summed E-state index contributed by atoms with van der Waals surface area (Å²) in [7, 11) is 0. The van der Waals surface area contributed by atoms with Crippen LogP contribution in [0, 0.1) is 12.3 Å². The normalized spacial score (nSPS) is 16.8. The largest absolute Gasteiger partial charge is 0.494 e. The Morgan fingerprint density at radius 3 is 2.66 bits per heavy atom. The molecule has 3 heterocycles. The smallest absolute Gasteiger partial charge is 0.236 e. The number of thiophene rings is 1. The van der Waals surface area contributed by atoms with Gasteiger partial charge in [-0.05, 0) is 68.3 Å². The van der Waals surface area contributed by atoms with Gasteiger partial charge in [0.2, 0.25) is 5.89 Å². The highest BCUT2D eigenvalue weighted by Crippen LogP contribution is 2.35. The number of likely N-dealkylation sites (tertiary alicyclic amines) is 1. The van der Waals surface area contributed by atoms with Crippen LogP contribution in [0.2, 0.25) is 0 Å². The van der Waals surface area contributed by atoms with Gasteiger partial charge in [0.05, 0.1) is 17.2 Å². The second kappa shape index (κ2) is 9.11. The maximum absolute atomic E-state index is 10.1. The highest BCUT2D eigenvalue weighted by molar-refractivity contribution is 7.13. The van der Waals surface area contributed by atoms with E-state index in [-0.39, 0.29) is 12.0 Å². The zero-order valence-electron chi connectivity index (χ0n) is 16.8. The minimum atomic E-state index is -0.0493. The second-order valence-electron chi connectivity index (χ2n) is 7.84. The molecule has 0 aliphatic carbocycles. The fourth-order valence-corrected chi connectivity index (χ4v) is 4.52. The molecule has 0 saturated carbocycles. The van der Waals surface area contributed by atoms with Gasteiger partial charge in [0.25, 0.3) is 0 Å². The van der Waals surface area contributed by atoms with E-state index in [0.29, 0.717) is 12.5 Å². The van der Waals surface area contributed by atoms with Crippen LogP contribution >= 0.6 is 11.3 Å². The minimum absolute atomic E-state index is 0.0493. The van der Waals surface area contributed by atoms with E-state index in [2.05, 4.69) is 4.90 Å². The van der Waals surface area contributed by atoms with Gasteiger partial charge in [-0.15, -0.1) is 11.3 Å². The monoisotopic (exact) mass is 412 g/mol. The Morgan fingerprint density at radius 2 is 1.97 bits per heavy atom. The zero-order valence-corrected chi connectivity index (χ0v) is 17.7. The van der Waals surface area contributed by atoms with Crippen molar-refractivity contribution in [1.29, 1.82) is 0 Å². The van der Waals surface area contributed by atoms with Crippen LogP contribution < -0.4 is 4.74 Å². The molecule has 0 atom stereocenters. The molecule has 4 rings (SSSR count). The van der Waals surface area contributed by atoms with Crippen molar-refractivity contribution in [2.45, 2.75) is 32.7 Å². The Labute approximate surface area is 176 Å². The molecule has 1 N–H and O–H groups in total. The zero-order chi connectivity index (χ0) is 20.1. The molecule has 1 fully saturated rings. The van der Waals surface area contributed by atoms with E-state index in [1.807, 2.05) is 54.8 Å². The van der Waals surface area contributed by atoms with Crippen molar-refractivity contribution in [3.8, 4) is 16.5 Å². The fourth-order valence-electron chi connectivity index (χ4n) is 3.87. The molecule has 1 aliphatic heterocycles. The molecular weight excluding hydrogens is 384 g/mol. The standard InChI is InChI=1S/C23H28N2O3S/c1-18-20(24-22(28-18)21-8-5-15-29-21)16-25-12-9-23(17-26,10-13-25)11-14-27-19-6-3-2-4-7-19/h2-8,15,26H,9-14,16-17H2,1H3. The van der Waals surface area contributed by atoms with Crippen LogP contribution in [0.15, 0.2) is 52.3 Å². The SMILES string of the molecule is Cc1oc(-c2cccs2)nc1CN1CCC(CO)(CCOc2ccccc2)CC1. The van der Waals surface area contributed by atoms with E-state index in [9.17, 15) is 5.11 Å². The van der Waals surface area contributed by atoms with Gasteiger partial charge in [-0.2, -0.15) is 0 Å². The van der Waals surface area contributed by atoms with E-state index in [4.69, 9.17) is 14.1 Å². The van der Waals surface area contributed by atoms with Crippen LogP contribution in [0.3, 0.4) is 0 Å². The fraction of sp³-hybridized carbons (Fsp3) is 0.435. The van der Waals surface area contributed by atoms with Crippen molar-refractivity contribution < 1.29 is 14.3 Å². The molecule has 6 heteroatoms. The third kappa shape index (κ3) is 4.89. The van der Waals surface area contributed by atoms with Crippen LogP contribution in [0.1, 0.15) is 30.7 Å². The van der Waals surface area contributed by atoms with Gasteiger partial charge in [-0.3, -0.25) is 4.90 Å². The van der Waals surface area contributed by atoms with Crippen LogP contribution in [0.5, 0.6) is 5.75 Å². The molecule has 0 amide bonds. The number of nitrogens with zero attached hydrogens (tertiary/aromatic N) is 2. The Bertz CT molecular complexity index is 884. The first-order valence-corrected chi connectivity index (χ1v) is 11.1. The van der Waals surface area contributed by atoms with Crippen molar-refractivity contribution >= 4 is 11.3 Å². The molecule has 1 aromatic carbocycles. The van der Waals surface area contributed by atoms with E-state index in [1.54, 1.807) is 11.3 Å². The molecule has 5 nitrogen and oxygen atoms in total. The molecule has 29 heavy (non-hydrogen) atoms. The Morgan fingerprint density at radius 1 is 1.17 bits per heavy atom. The van der Waals surface area contributed by atoms with Crippen molar-refractivity contribution in [2.24, 2.45) is 5.41 Å². The van der Waals surface area contributed by atoms with E-state index < -0.39 is 0 Å². The molecule has 0 bridgehead atoms. The van der Waals surface area contributed by atoms with Crippen LogP contribution in [-0.4, -0.2) is 41.3 Å². The number of aliphatic hydroxyl groups is 1. The lowest BCUT2D eigenvalue weighted by Gasteiger charge is -2.40. The molecular formula is C23H28N2O3S. The maximum Gasteiger partial charge on any atom is 0.236 e. The Balaban J connectivity index is 1.30. The summed E-state index contributed by atoms with van der Waals surface area (Å²) >= 11 is 1.64. The number of para-hydroxylation sites is 1. The number of piperidine rings is 1. The number of rotatable bonds is 8. The molecule has 154 valence electrons. The first-order valence-electron chi connectivity index (χ1n) is 10.2. The minimum Gasteiger partial charge on any atom is -0.494 e. The first kappa shape index (κ1) is 20.1. The summed E-state index contributed by atoms with van der Waals surface area (Å²) in [4.78, 5) is 8.20. The van der Waals surface area contributed by atoms with Gasteiger partial charge in [-0.1, -0.05) is 24.3 Å². The topological polar surface area (TPSA) is 58.7 Å². The van der Waals surface area contributed by atoms with Crippen molar-refractivity contribution in [1.82, 2.24) is 9.88 Å². The average Bonchev–Trinajstić information content (AvgIpc) is 3.41. The maximum atomic E-state index is 10.1. The highest BCUT2D eigenvalue weighted by atomic mass is 32.1. The van der Waals surface area contributed by atoms with E-state index in [1.165, 1.54) is 0 Å². The molecule has 3 aromatic rings. The van der Waals surface area contributed by atoms with Crippen molar-refractivity contribution in [3.05, 3.63) is 59.3 Å². The van der Waals surface area contributed by atoms with Crippen molar-refractivity contribution in [2.75, 3.05) is 26.3 Å². The molecule has 0 spiro atoms. The summed E-state index contributed by atoms with van der Waals surface area (Å²) in [5.41, 5.74) is 0.962. The third-order valence-electron chi connectivity index (χ3n) is 5.89. The van der Waals surface area contributed by atoms with Gasteiger partial charge < -0.3 is 14.3 Å². The van der Waals surface area contributed by atoms with Gasteiger partial charge >= 0.3 is 0 Å². The Kier molecular flexibility index (Phi) is 6.33. The summed E-state index contributed by atoms with van der Waals surface area (Å²) < 4.78 is 11.7. The van der Waals surface area contributed by atoms with Gasteiger partial charge in [-0.25, -0.2) is 4.98 Å². The molecule has 0 radical (unpaired) electrons. The second-order valence-corrected chi connectivity index (χ2v) is 8.79. The molecule has 1 saturated heterocycles. The highest BCUT2D eigenvalue weighted by Gasteiger charge is 2.34. The number of aromatic nitrogens is 1. The molecule has 1 aliphatic rings. The number of aryl methyl sites for hydroxylation is 1. The lowest BCUT2D eigenvalue weighted by molar-refractivity contribution is 0.0239. The number of hydrogen-bond donors (Lipinski definition) is 1. The predicted molar refractivity (Wildman–Crippen MR) is 115 cm³/mol. The average molecular weight is 413 g/mol. The summed E-state index contributed by atoms with van der Waals surface area (Å²) in [5.74, 6) is 2.50. The number of ether oxygens (including phenoxy) is 1. The van der Waals surface area contributed by atoms with E-state index in [0.717, 1.165) is 61.0 Å². The number of aliphatic hydroxyl groups excluding tert-OH is 1. The summed E-state index contributed by atoms with van der Waals surface area (Å²) in [6.45, 7) is 5.53. The van der Waals surface area contributed by atoms with Crippen LogP contribution in [0.4, 0.5) is 0 Å². The molecule has 0 unspecified atom stereocenters. The summed E-state index contributed by atoms with van der Waals surface area (Å²) in [5, 5.41) is 12.1. The third-order valence-corrected chi connectivity index (χ3v) is 6.75. The molecule has 2 aromatic heterocycles. The summed E-state index contributed by atoms with van der Waals surface area (Å²) in [6, 6.07) is 13.9. The Hall–Kier alpha value is -2.15. The number of benzene rings is 1. The summed E-state index contributed by atoms with van der Waals surface area (Å²) in [6.07, 6.45) is 2.81. The van der Waals surface area contributed by atoms with Gasteiger partial charge in [0, 0.05) is 13.2 Å². The lowest BCUT2D eigenvalue weighted by atomic mass is 9.76. The number of hydrogen-bond acceptors (Lipinski definition) is 6. The first-order chi connectivity index (χ1) is 14.2. The van der Waals surface area contributed by atoms with E-state index >= 15 is 0 Å². The lowest BCUT2D eigenvalue weighted by Crippen LogP contribution is -2.42. The predicted octanol–water partition coefficient (Wildman–Crippen LogP) is 4.76. The van der Waals surface area contributed by atoms with Crippen molar-refractivity contribution in [3.63, 3.8) is 0 Å². The van der Waals surface area contributed by atoms with Crippen LogP contribution in [0.25, 0.3) is 10.8 Å². The van der Waals surface area contributed by atoms with Crippen LogP contribution in [-0.2, 0) is 6.54 Å². The number of oxazole rings is 1.